The molecule has 9 heteroatoms. The third-order valence-corrected chi connectivity index (χ3v) is 5.61. The van der Waals surface area contributed by atoms with Crippen LogP contribution in [0.2, 0.25) is 0 Å². The molecule has 2 aliphatic rings. The van der Waals surface area contributed by atoms with Crippen molar-refractivity contribution in [3.63, 3.8) is 0 Å². The monoisotopic (exact) mass is 451 g/mol. The van der Waals surface area contributed by atoms with E-state index in [2.05, 4.69) is 10.4 Å². The average molecular weight is 451 g/mol. The minimum Gasteiger partial charge on any atom is -0.486 e. The molecule has 0 atom stereocenters. The quantitative estimate of drug-likeness (QED) is 0.598. The number of aromatic nitrogens is 2. The van der Waals surface area contributed by atoms with Gasteiger partial charge in [0.2, 0.25) is 0 Å². The summed E-state index contributed by atoms with van der Waals surface area (Å²) in [5, 5.41) is 7.14. The summed E-state index contributed by atoms with van der Waals surface area (Å²) < 4.78 is 31.2. The Kier molecular flexibility index (Phi) is 5.68. The minimum absolute atomic E-state index is 0.196. The molecular weight excluding hydrogens is 429 g/mol. The molecule has 33 heavy (non-hydrogen) atoms. The first-order chi connectivity index (χ1) is 16.1. The van der Waals surface area contributed by atoms with Crippen LogP contribution in [-0.2, 0) is 22.4 Å². The Morgan fingerprint density at radius 1 is 1.03 bits per heavy atom. The number of carbonyl (C=O) groups is 2. The van der Waals surface area contributed by atoms with Crippen LogP contribution in [0.1, 0.15) is 34.6 Å². The van der Waals surface area contributed by atoms with E-state index in [1.54, 1.807) is 35.0 Å². The van der Waals surface area contributed by atoms with Crippen molar-refractivity contribution in [3.8, 4) is 17.2 Å². The Bertz CT molecular complexity index is 1210. The van der Waals surface area contributed by atoms with Crippen LogP contribution in [0.25, 0.3) is 5.69 Å². The molecule has 2 aromatic carbocycles. The number of hydrogen-bond donors (Lipinski definition) is 1. The summed E-state index contributed by atoms with van der Waals surface area (Å²) in [4.78, 5) is 25.1. The van der Waals surface area contributed by atoms with Gasteiger partial charge in [0, 0.05) is 23.0 Å². The van der Waals surface area contributed by atoms with E-state index in [9.17, 15) is 14.0 Å². The zero-order valence-corrected chi connectivity index (χ0v) is 17.8. The zero-order valence-electron chi connectivity index (χ0n) is 17.8. The molecule has 0 fully saturated rings. The van der Waals surface area contributed by atoms with Crippen LogP contribution in [0.15, 0.2) is 42.5 Å². The van der Waals surface area contributed by atoms with Crippen LogP contribution >= 0.6 is 0 Å². The van der Waals surface area contributed by atoms with Gasteiger partial charge in [-0.2, -0.15) is 5.10 Å². The molecule has 5 rings (SSSR count). The predicted molar refractivity (Wildman–Crippen MR) is 117 cm³/mol. The van der Waals surface area contributed by atoms with Gasteiger partial charge < -0.3 is 19.5 Å². The second-order valence-electron chi connectivity index (χ2n) is 7.85. The summed E-state index contributed by atoms with van der Waals surface area (Å²) in [6.07, 6.45) is 3.38. The molecule has 0 unspecified atom stereocenters. The highest BCUT2D eigenvalue weighted by molar-refractivity contribution is 5.95. The van der Waals surface area contributed by atoms with Gasteiger partial charge in [0.05, 0.1) is 5.69 Å². The first kappa shape index (κ1) is 21.0. The van der Waals surface area contributed by atoms with Gasteiger partial charge in [-0.25, -0.2) is 13.9 Å². The number of ether oxygens (including phenoxy) is 3. The Labute approximate surface area is 189 Å². The minimum atomic E-state index is -0.661. The molecule has 0 saturated heterocycles. The zero-order chi connectivity index (χ0) is 22.8. The van der Waals surface area contributed by atoms with Crippen LogP contribution in [0.5, 0.6) is 11.5 Å². The van der Waals surface area contributed by atoms with E-state index in [1.807, 2.05) is 0 Å². The second kappa shape index (κ2) is 8.93. The number of amides is 1. The normalized spacial score (nSPS) is 14.3. The van der Waals surface area contributed by atoms with E-state index in [-0.39, 0.29) is 11.5 Å². The highest BCUT2D eigenvalue weighted by atomic mass is 19.1. The maximum atomic E-state index is 13.3. The fourth-order valence-corrected chi connectivity index (χ4v) is 4.08. The average Bonchev–Trinajstić information content (AvgIpc) is 3.23. The number of carbonyl (C=O) groups excluding carboxylic acids is 2. The maximum absolute atomic E-state index is 13.3. The molecule has 170 valence electrons. The fraction of sp³-hybridized carbons (Fsp3) is 0.292. The number of hydrogen-bond acceptors (Lipinski definition) is 6. The number of nitrogens with zero attached hydrogens (tertiary/aromatic N) is 2. The van der Waals surface area contributed by atoms with E-state index in [0.717, 1.165) is 30.5 Å². The number of fused-ring (bicyclic) bond motifs is 2. The summed E-state index contributed by atoms with van der Waals surface area (Å²) >= 11 is 0. The number of esters is 1. The Balaban J connectivity index is 1.28. The molecule has 1 amide bonds. The lowest BCUT2D eigenvalue weighted by Crippen LogP contribution is -2.22. The topological polar surface area (TPSA) is 91.7 Å². The van der Waals surface area contributed by atoms with Gasteiger partial charge in [0.1, 0.15) is 19.0 Å². The van der Waals surface area contributed by atoms with E-state index in [1.165, 1.54) is 12.1 Å². The van der Waals surface area contributed by atoms with Crippen molar-refractivity contribution >= 4 is 17.6 Å². The number of nitrogens with one attached hydrogen (secondary N) is 1. The summed E-state index contributed by atoms with van der Waals surface area (Å²) in [5.74, 6) is -0.317. The van der Waals surface area contributed by atoms with Crippen LogP contribution in [0.4, 0.5) is 10.1 Å². The van der Waals surface area contributed by atoms with Gasteiger partial charge >= 0.3 is 5.97 Å². The lowest BCUT2D eigenvalue weighted by atomic mass is 9.95. The van der Waals surface area contributed by atoms with Crippen LogP contribution < -0.4 is 14.8 Å². The largest absolute Gasteiger partial charge is 0.486 e. The van der Waals surface area contributed by atoms with Crippen molar-refractivity contribution in [2.75, 3.05) is 25.1 Å². The Morgan fingerprint density at radius 3 is 2.61 bits per heavy atom. The molecule has 0 saturated carbocycles. The lowest BCUT2D eigenvalue weighted by Gasteiger charge is -2.19. The number of rotatable bonds is 5. The summed E-state index contributed by atoms with van der Waals surface area (Å²) in [6.45, 7) is 0.470. The van der Waals surface area contributed by atoms with E-state index in [4.69, 9.17) is 14.2 Å². The summed E-state index contributed by atoms with van der Waals surface area (Å²) in [6, 6.07) is 11.0. The smallest absolute Gasteiger partial charge is 0.359 e. The fourth-order valence-electron chi connectivity index (χ4n) is 4.08. The van der Waals surface area contributed by atoms with Crippen molar-refractivity contribution in [1.82, 2.24) is 9.78 Å². The first-order valence-corrected chi connectivity index (χ1v) is 10.8. The van der Waals surface area contributed by atoms with Crippen LogP contribution in [0, 0.1) is 5.82 Å². The molecule has 1 aliphatic heterocycles. The van der Waals surface area contributed by atoms with Crippen LogP contribution in [0.3, 0.4) is 0 Å². The molecule has 1 aliphatic carbocycles. The van der Waals surface area contributed by atoms with Crippen molar-refractivity contribution in [1.29, 1.82) is 0 Å². The molecule has 8 nitrogen and oxygen atoms in total. The Hall–Kier alpha value is -3.88. The third-order valence-electron chi connectivity index (χ3n) is 5.61. The van der Waals surface area contributed by atoms with Crippen molar-refractivity contribution in [3.05, 3.63) is 65.2 Å². The van der Waals surface area contributed by atoms with Gasteiger partial charge in [-0.1, -0.05) is 0 Å². The van der Waals surface area contributed by atoms with Crippen molar-refractivity contribution in [2.45, 2.75) is 25.7 Å². The first-order valence-electron chi connectivity index (χ1n) is 10.8. The van der Waals surface area contributed by atoms with Crippen molar-refractivity contribution < 1.29 is 28.2 Å². The third kappa shape index (κ3) is 4.39. The van der Waals surface area contributed by atoms with E-state index in [0.29, 0.717) is 42.5 Å². The highest BCUT2D eigenvalue weighted by Gasteiger charge is 2.27. The maximum Gasteiger partial charge on any atom is 0.359 e. The van der Waals surface area contributed by atoms with Gasteiger partial charge in [0.15, 0.2) is 23.8 Å². The second-order valence-corrected chi connectivity index (χ2v) is 7.85. The SMILES string of the molecule is O=C(COC(=O)c1nn(-c2ccc(F)cc2)c2c1CCCC2)Nc1ccc2c(c1)OCCO2. The summed E-state index contributed by atoms with van der Waals surface area (Å²) in [5.41, 5.74) is 3.12. The molecule has 0 spiro atoms. The standard InChI is InChI=1S/C24H22FN3O5/c25-15-5-8-17(9-6-15)28-19-4-2-1-3-18(19)23(27-28)24(30)33-14-22(29)26-16-7-10-20-21(13-16)32-12-11-31-20/h5-10,13H,1-4,11-12,14H2,(H,26,29). The number of halogens is 1. The molecule has 2 heterocycles. The molecule has 0 radical (unpaired) electrons. The molecule has 0 bridgehead atoms. The lowest BCUT2D eigenvalue weighted by molar-refractivity contribution is -0.119. The van der Waals surface area contributed by atoms with Gasteiger partial charge in [0.25, 0.3) is 5.91 Å². The number of anilines is 1. The Morgan fingerprint density at radius 2 is 1.79 bits per heavy atom. The predicted octanol–water partition coefficient (Wildman–Crippen LogP) is 3.46. The van der Waals surface area contributed by atoms with E-state index >= 15 is 0 Å². The van der Waals surface area contributed by atoms with Gasteiger partial charge in [-0.3, -0.25) is 4.79 Å². The highest BCUT2D eigenvalue weighted by Crippen LogP contribution is 2.32. The molecule has 1 aromatic heterocycles. The molecular formula is C24H22FN3O5. The number of benzene rings is 2. The van der Waals surface area contributed by atoms with Gasteiger partial charge in [-0.05, 0) is 62.1 Å². The summed E-state index contributed by atoms with van der Waals surface area (Å²) in [7, 11) is 0. The van der Waals surface area contributed by atoms with Crippen molar-refractivity contribution in [2.24, 2.45) is 0 Å². The molecule has 3 aromatic rings. The molecule has 1 N–H and O–H groups in total. The van der Waals surface area contributed by atoms with Gasteiger partial charge in [-0.15, -0.1) is 0 Å². The van der Waals surface area contributed by atoms with E-state index < -0.39 is 18.5 Å². The van der Waals surface area contributed by atoms with Crippen LogP contribution in [-0.4, -0.2) is 41.5 Å².